The zero-order valence-electron chi connectivity index (χ0n) is 9.82. The molecule has 0 saturated carbocycles. The van der Waals surface area contributed by atoms with Gasteiger partial charge in [0.15, 0.2) is 0 Å². The Labute approximate surface area is 97.2 Å². The summed E-state index contributed by atoms with van der Waals surface area (Å²) in [5.74, 6) is 2.17. The highest BCUT2D eigenvalue weighted by Crippen LogP contribution is 2.15. The average Bonchev–Trinajstić information content (AvgIpc) is 2.20. The molecule has 84 valence electrons. The van der Waals surface area contributed by atoms with Crippen LogP contribution in [0.2, 0.25) is 0 Å². The fraction of sp³-hybridized carbons (Fsp3) is 0.538. The minimum atomic E-state index is 0.351. The van der Waals surface area contributed by atoms with Crippen LogP contribution < -0.4 is 0 Å². The average molecular weight is 224 g/mol. The molecule has 0 bridgehead atoms. The summed E-state index contributed by atoms with van der Waals surface area (Å²) in [5, 5.41) is 0. The third-order valence-corrected chi connectivity index (χ3v) is 3.17. The molecule has 1 rings (SSSR count). The van der Waals surface area contributed by atoms with E-state index in [4.69, 9.17) is 4.74 Å². The highest BCUT2D eigenvalue weighted by Gasteiger charge is 1.97. The number of benzene rings is 1. The van der Waals surface area contributed by atoms with Crippen molar-refractivity contribution in [2.24, 2.45) is 0 Å². The normalized spacial score (nSPS) is 10.9. The molecule has 0 amide bonds. The van der Waals surface area contributed by atoms with Crippen molar-refractivity contribution in [3.8, 4) is 0 Å². The number of aryl methyl sites for hydroxylation is 1. The van der Waals surface area contributed by atoms with Gasteiger partial charge in [0.25, 0.3) is 0 Å². The monoisotopic (exact) mass is 224 g/mol. The predicted octanol–water partition coefficient (Wildman–Crippen LogP) is 3.65. The van der Waals surface area contributed by atoms with E-state index in [1.54, 1.807) is 0 Å². The molecule has 2 heteroatoms. The van der Waals surface area contributed by atoms with E-state index >= 15 is 0 Å². The molecule has 0 unspecified atom stereocenters. The van der Waals surface area contributed by atoms with Crippen LogP contribution in [0.4, 0.5) is 0 Å². The van der Waals surface area contributed by atoms with E-state index in [0.29, 0.717) is 6.10 Å². The van der Waals surface area contributed by atoms with Crippen LogP contribution in [0.25, 0.3) is 0 Å². The minimum absolute atomic E-state index is 0.351. The van der Waals surface area contributed by atoms with Crippen LogP contribution >= 0.6 is 11.8 Å². The first-order chi connectivity index (χ1) is 7.20. The maximum Gasteiger partial charge on any atom is 0.0560 e. The van der Waals surface area contributed by atoms with Gasteiger partial charge in [0, 0.05) is 11.5 Å². The molecule has 1 aromatic rings. The number of hydrogen-bond acceptors (Lipinski definition) is 2. The Balaban J connectivity index is 2.18. The second-order valence-electron chi connectivity index (χ2n) is 3.90. The summed E-state index contributed by atoms with van der Waals surface area (Å²) >= 11 is 1.94. The standard InChI is InChI=1S/C13H20OS/c1-11(2)14-8-9-15-10-13-7-5-4-6-12(13)3/h4-7,11H,8-10H2,1-3H3. The third kappa shape index (κ3) is 5.24. The highest BCUT2D eigenvalue weighted by atomic mass is 32.2. The van der Waals surface area contributed by atoms with Gasteiger partial charge in [-0.2, -0.15) is 11.8 Å². The lowest BCUT2D eigenvalue weighted by atomic mass is 10.1. The minimum Gasteiger partial charge on any atom is -0.378 e. The summed E-state index contributed by atoms with van der Waals surface area (Å²) in [5.41, 5.74) is 2.82. The zero-order valence-corrected chi connectivity index (χ0v) is 10.6. The molecule has 0 spiro atoms. The number of ether oxygens (including phenoxy) is 1. The van der Waals surface area contributed by atoms with Gasteiger partial charge in [-0.25, -0.2) is 0 Å². The lowest BCUT2D eigenvalue weighted by Gasteiger charge is -2.08. The SMILES string of the molecule is Cc1ccccc1CSCCOC(C)C. The number of hydrogen-bond donors (Lipinski definition) is 0. The van der Waals surface area contributed by atoms with E-state index in [1.165, 1.54) is 11.1 Å². The lowest BCUT2D eigenvalue weighted by molar-refractivity contribution is 0.0920. The van der Waals surface area contributed by atoms with Gasteiger partial charge in [-0.15, -0.1) is 0 Å². The Morgan fingerprint density at radius 3 is 2.67 bits per heavy atom. The van der Waals surface area contributed by atoms with Gasteiger partial charge in [-0.1, -0.05) is 24.3 Å². The van der Waals surface area contributed by atoms with Crippen molar-refractivity contribution in [1.29, 1.82) is 0 Å². The van der Waals surface area contributed by atoms with Crippen LogP contribution in [0.5, 0.6) is 0 Å². The van der Waals surface area contributed by atoms with E-state index < -0.39 is 0 Å². The summed E-state index contributed by atoms with van der Waals surface area (Å²) in [4.78, 5) is 0. The van der Waals surface area contributed by atoms with Crippen LogP contribution in [0.15, 0.2) is 24.3 Å². The van der Waals surface area contributed by atoms with E-state index in [2.05, 4.69) is 45.0 Å². The lowest BCUT2D eigenvalue weighted by Crippen LogP contribution is -2.05. The van der Waals surface area contributed by atoms with E-state index in [1.807, 2.05) is 11.8 Å². The van der Waals surface area contributed by atoms with Crippen molar-refractivity contribution in [2.75, 3.05) is 12.4 Å². The summed E-state index contributed by atoms with van der Waals surface area (Å²) in [6.07, 6.45) is 0.351. The van der Waals surface area contributed by atoms with Gasteiger partial charge in [0.2, 0.25) is 0 Å². The molecule has 0 aliphatic rings. The fourth-order valence-electron chi connectivity index (χ4n) is 1.30. The zero-order chi connectivity index (χ0) is 11.1. The molecule has 0 aliphatic heterocycles. The first-order valence-corrected chi connectivity index (χ1v) is 6.59. The van der Waals surface area contributed by atoms with Gasteiger partial charge in [0.05, 0.1) is 12.7 Å². The van der Waals surface area contributed by atoms with E-state index in [-0.39, 0.29) is 0 Å². The Morgan fingerprint density at radius 2 is 2.00 bits per heavy atom. The van der Waals surface area contributed by atoms with Crippen LogP contribution in [0, 0.1) is 6.92 Å². The second-order valence-corrected chi connectivity index (χ2v) is 5.00. The fourth-order valence-corrected chi connectivity index (χ4v) is 2.20. The Bertz CT molecular complexity index is 284. The molecule has 0 fully saturated rings. The summed E-state index contributed by atoms with van der Waals surface area (Å²) < 4.78 is 5.49. The number of rotatable bonds is 6. The quantitative estimate of drug-likeness (QED) is 0.682. The largest absolute Gasteiger partial charge is 0.378 e. The van der Waals surface area contributed by atoms with Gasteiger partial charge >= 0.3 is 0 Å². The first kappa shape index (κ1) is 12.6. The Kier molecular flexibility index (Phi) is 5.81. The van der Waals surface area contributed by atoms with Gasteiger partial charge < -0.3 is 4.74 Å². The van der Waals surface area contributed by atoms with Gasteiger partial charge in [-0.05, 0) is 31.9 Å². The van der Waals surface area contributed by atoms with Crippen molar-refractivity contribution >= 4 is 11.8 Å². The van der Waals surface area contributed by atoms with Crippen LogP contribution in [0.3, 0.4) is 0 Å². The van der Waals surface area contributed by atoms with Crippen LogP contribution in [0.1, 0.15) is 25.0 Å². The van der Waals surface area contributed by atoms with Crippen molar-refractivity contribution in [3.05, 3.63) is 35.4 Å². The molecule has 0 N–H and O–H groups in total. The van der Waals surface area contributed by atoms with Gasteiger partial charge in [0.1, 0.15) is 0 Å². The molecular weight excluding hydrogens is 204 g/mol. The highest BCUT2D eigenvalue weighted by molar-refractivity contribution is 7.98. The van der Waals surface area contributed by atoms with E-state index in [9.17, 15) is 0 Å². The van der Waals surface area contributed by atoms with Crippen molar-refractivity contribution < 1.29 is 4.74 Å². The Hall–Kier alpha value is -0.470. The molecule has 15 heavy (non-hydrogen) atoms. The maximum absolute atomic E-state index is 5.49. The molecule has 1 aromatic carbocycles. The molecule has 1 nitrogen and oxygen atoms in total. The molecular formula is C13H20OS. The smallest absolute Gasteiger partial charge is 0.0560 e. The summed E-state index contributed by atoms with van der Waals surface area (Å²) in [7, 11) is 0. The topological polar surface area (TPSA) is 9.23 Å². The van der Waals surface area contributed by atoms with Crippen molar-refractivity contribution in [3.63, 3.8) is 0 Å². The van der Waals surface area contributed by atoms with Gasteiger partial charge in [-0.3, -0.25) is 0 Å². The molecule has 0 atom stereocenters. The number of thioether (sulfide) groups is 1. The van der Waals surface area contributed by atoms with E-state index in [0.717, 1.165) is 18.1 Å². The summed E-state index contributed by atoms with van der Waals surface area (Å²) in [6.45, 7) is 7.17. The predicted molar refractivity (Wildman–Crippen MR) is 68.4 cm³/mol. The molecule has 0 aromatic heterocycles. The maximum atomic E-state index is 5.49. The molecule has 0 radical (unpaired) electrons. The summed E-state index contributed by atoms with van der Waals surface area (Å²) in [6, 6.07) is 8.56. The van der Waals surface area contributed by atoms with Crippen LogP contribution in [-0.4, -0.2) is 18.5 Å². The third-order valence-electron chi connectivity index (χ3n) is 2.20. The molecule has 0 heterocycles. The van der Waals surface area contributed by atoms with Crippen molar-refractivity contribution in [1.82, 2.24) is 0 Å². The Morgan fingerprint density at radius 1 is 1.27 bits per heavy atom. The van der Waals surface area contributed by atoms with Crippen molar-refractivity contribution in [2.45, 2.75) is 32.6 Å². The molecule has 0 aliphatic carbocycles. The molecule has 0 saturated heterocycles. The first-order valence-electron chi connectivity index (χ1n) is 5.44. The van der Waals surface area contributed by atoms with Crippen LogP contribution in [-0.2, 0) is 10.5 Å². The second kappa shape index (κ2) is 6.91.